The molecule has 2 amide bonds. The molecule has 1 atom stereocenters. The van der Waals surface area contributed by atoms with Crippen LogP contribution in [0, 0.1) is 10.1 Å². The predicted octanol–water partition coefficient (Wildman–Crippen LogP) is 2.10. The molecular formula is C16H15N3O5. The van der Waals surface area contributed by atoms with Crippen molar-refractivity contribution in [1.82, 2.24) is 0 Å². The number of nitrogens with zero attached hydrogens (tertiary/aromatic N) is 1. The van der Waals surface area contributed by atoms with Crippen molar-refractivity contribution in [2.45, 2.75) is 13.0 Å². The van der Waals surface area contributed by atoms with Gasteiger partial charge in [-0.05, 0) is 37.3 Å². The highest BCUT2D eigenvalue weighted by atomic mass is 16.6. The summed E-state index contributed by atoms with van der Waals surface area (Å²) in [5.74, 6) is -1.05. The van der Waals surface area contributed by atoms with Gasteiger partial charge in [0.2, 0.25) is 5.91 Å². The van der Waals surface area contributed by atoms with E-state index in [2.05, 4.69) is 5.32 Å². The number of nitrogens with one attached hydrogen (secondary N) is 1. The van der Waals surface area contributed by atoms with Gasteiger partial charge in [0, 0.05) is 17.3 Å². The van der Waals surface area contributed by atoms with Crippen LogP contribution in [0.25, 0.3) is 0 Å². The van der Waals surface area contributed by atoms with E-state index >= 15 is 0 Å². The molecule has 0 fully saturated rings. The van der Waals surface area contributed by atoms with Gasteiger partial charge in [-0.1, -0.05) is 12.1 Å². The third kappa shape index (κ3) is 4.07. The number of carbonyl (C=O) groups is 2. The molecule has 0 radical (unpaired) electrons. The van der Waals surface area contributed by atoms with Crippen molar-refractivity contribution in [2.24, 2.45) is 5.73 Å². The lowest BCUT2D eigenvalue weighted by Gasteiger charge is -2.14. The zero-order chi connectivity index (χ0) is 17.7. The van der Waals surface area contributed by atoms with Gasteiger partial charge in [-0.3, -0.25) is 19.7 Å². The molecule has 0 aliphatic carbocycles. The van der Waals surface area contributed by atoms with Crippen LogP contribution in [0.5, 0.6) is 5.75 Å². The van der Waals surface area contributed by atoms with Gasteiger partial charge < -0.3 is 15.8 Å². The van der Waals surface area contributed by atoms with Gasteiger partial charge in [0.25, 0.3) is 5.91 Å². The molecule has 124 valence electrons. The second kappa shape index (κ2) is 7.23. The number of hydrogen-bond acceptors (Lipinski definition) is 5. The first-order valence-electron chi connectivity index (χ1n) is 6.99. The van der Waals surface area contributed by atoms with Crippen LogP contribution in [-0.4, -0.2) is 22.8 Å². The summed E-state index contributed by atoms with van der Waals surface area (Å²) in [6.45, 7) is 1.48. The van der Waals surface area contributed by atoms with E-state index in [-0.39, 0.29) is 11.4 Å². The lowest BCUT2D eigenvalue weighted by atomic mass is 10.2. The third-order valence-electron chi connectivity index (χ3n) is 3.17. The predicted molar refractivity (Wildman–Crippen MR) is 86.8 cm³/mol. The van der Waals surface area contributed by atoms with Crippen molar-refractivity contribution >= 4 is 23.2 Å². The summed E-state index contributed by atoms with van der Waals surface area (Å²) in [5, 5.41) is 13.5. The standard InChI is InChI=1S/C16H15N3O5/c1-10(24-14-5-3-2-4-13(14)19(22)23)16(21)18-12-8-6-11(7-9-12)15(17)20/h2-10H,1H3,(H2,17,20)(H,18,21)/t10-/m0/s1. The van der Waals surface area contributed by atoms with Gasteiger partial charge in [0.1, 0.15) is 0 Å². The average molecular weight is 329 g/mol. The number of nitro groups is 1. The molecule has 8 nitrogen and oxygen atoms in total. The molecule has 0 heterocycles. The Morgan fingerprint density at radius 2 is 1.79 bits per heavy atom. The number of rotatable bonds is 6. The van der Waals surface area contributed by atoms with Gasteiger partial charge >= 0.3 is 5.69 Å². The van der Waals surface area contributed by atoms with Gasteiger partial charge in [-0.15, -0.1) is 0 Å². The fraction of sp³-hybridized carbons (Fsp3) is 0.125. The quantitative estimate of drug-likeness (QED) is 0.620. The van der Waals surface area contributed by atoms with Gasteiger partial charge in [-0.2, -0.15) is 0 Å². The molecule has 0 aliphatic rings. The molecule has 0 aliphatic heterocycles. The third-order valence-corrected chi connectivity index (χ3v) is 3.17. The summed E-state index contributed by atoms with van der Waals surface area (Å²) >= 11 is 0. The molecule has 0 unspecified atom stereocenters. The normalized spacial score (nSPS) is 11.4. The summed E-state index contributed by atoms with van der Waals surface area (Å²) < 4.78 is 5.37. The number of nitrogens with two attached hydrogens (primary N) is 1. The van der Waals surface area contributed by atoms with Crippen molar-refractivity contribution in [3.8, 4) is 5.75 Å². The van der Waals surface area contributed by atoms with E-state index in [9.17, 15) is 19.7 Å². The van der Waals surface area contributed by atoms with E-state index in [1.165, 1.54) is 49.4 Å². The maximum absolute atomic E-state index is 12.1. The van der Waals surface area contributed by atoms with Crippen LogP contribution in [-0.2, 0) is 4.79 Å². The Kier molecular flexibility index (Phi) is 5.10. The summed E-state index contributed by atoms with van der Waals surface area (Å²) in [6, 6.07) is 11.8. The molecule has 0 spiro atoms. The average Bonchev–Trinajstić information content (AvgIpc) is 2.55. The van der Waals surface area contributed by atoms with Crippen LogP contribution in [0.1, 0.15) is 17.3 Å². The Morgan fingerprint density at radius 3 is 2.38 bits per heavy atom. The fourth-order valence-corrected chi connectivity index (χ4v) is 1.91. The Labute approximate surface area is 137 Å². The van der Waals surface area contributed by atoms with E-state index in [4.69, 9.17) is 10.5 Å². The first kappa shape index (κ1) is 16.9. The van der Waals surface area contributed by atoms with Crippen LogP contribution in [0.2, 0.25) is 0 Å². The van der Waals surface area contributed by atoms with E-state index < -0.39 is 22.8 Å². The summed E-state index contributed by atoms with van der Waals surface area (Å²) in [5.41, 5.74) is 5.68. The monoisotopic (exact) mass is 329 g/mol. The van der Waals surface area contributed by atoms with Crippen LogP contribution in [0.4, 0.5) is 11.4 Å². The Morgan fingerprint density at radius 1 is 1.17 bits per heavy atom. The summed E-state index contributed by atoms with van der Waals surface area (Å²) in [7, 11) is 0. The highest BCUT2D eigenvalue weighted by Crippen LogP contribution is 2.27. The van der Waals surface area contributed by atoms with E-state index in [1.807, 2.05) is 0 Å². The van der Waals surface area contributed by atoms with Gasteiger partial charge in [0.05, 0.1) is 4.92 Å². The van der Waals surface area contributed by atoms with Crippen molar-refractivity contribution in [1.29, 1.82) is 0 Å². The lowest BCUT2D eigenvalue weighted by molar-refractivity contribution is -0.386. The molecule has 0 bridgehead atoms. The van der Waals surface area contributed by atoms with Crippen LogP contribution in [0.15, 0.2) is 48.5 Å². The summed E-state index contributed by atoms with van der Waals surface area (Å²) in [4.78, 5) is 33.5. The SMILES string of the molecule is C[C@H](Oc1ccccc1[N+](=O)[O-])C(=O)Nc1ccc(C(N)=O)cc1. The number of hydrogen-bond donors (Lipinski definition) is 2. The smallest absolute Gasteiger partial charge is 0.310 e. The van der Waals surface area contributed by atoms with Gasteiger partial charge in [0.15, 0.2) is 11.9 Å². The Balaban J connectivity index is 2.05. The lowest BCUT2D eigenvalue weighted by Crippen LogP contribution is -2.30. The number of nitro benzene ring substituents is 1. The zero-order valence-electron chi connectivity index (χ0n) is 12.8. The van der Waals surface area contributed by atoms with Crippen LogP contribution in [0.3, 0.4) is 0 Å². The highest BCUT2D eigenvalue weighted by Gasteiger charge is 2.20. The number of para-hydroxylation sites is 2. The fourth-order valence-electron chi connectivity index (χ4n) is 1.91. The van der Waals surface area contributed by atoms with Crippen molar-refractivity contribution < 1.29 is 19.2 Å². The summed E-state index contributed by atoms with van der Waals surface area (Å²) in [6.07, 6.45) is -0.957. The van der Waals surface area contributed by atoms with Crippen molar-refractivity contribution in [2.75, 3.05) is 5.32 Å². The minimum atomic E-state index is -0.957. The molecule has 3 N–H and O–H groups in total. The zero-order valence-corrected chi connectivity index (χ0v) is 12.8. The number of primary amides is 1. The molecule has 24 heavy (non-hydrogen) atoms. The Bertz CT molecular complexity index is 774. The molecule has 8 heteroatoms. The molecule has 2 aromatic rings. The second-order valence-corrected chi connectivity index (χ2v) is 4.92. The molecule has 2 rings (SSSR count). The van der Waals surface area contributed by atoms with E-state index in [0.29, 0.717) is 11.3 Å². The second-order valence-electron chi connectivity index (χ2n) is 4.92. The van der Waals surface area contributed by atoms with Crippen molar-refractivity contribution in [3.05, 3.63) is 64.2 Å². The molecule has 0 aromatic heterocycles. The maximum Gasteiger partial charge on any atom is 0.310 e. The molecule has 0 saturated heterocycles. The molecule has 0 saturated carbocycles. The van der Waals surface area contributed by atoms with E-state index in [1.54, 1.807) is 6.07 Å². The maximum atomic E-state index is 12.1. The first-order valence-corrected chi connectivity index (χ1v) is 6.99. The number of ether oxygens (including phenoxy) is 1. The van der Waals surface area contributed by atoms with Gasteiger partial charge in [-0.25, -0.2) is 0 Å². The minimum absolute atomic E-state index is 0.00854. The largest absolute Gasteiger partial charge is 0.474 e. The van der Waals surface area contributed by atoms with E-state index in [0.717, 1.165) is 0 Å². The number of benzene rings is 2. The molecular weight excluding hydrogens is 314 g/mol. The van der Waals surface area contributed by atoms with Crippen LogP contribution < -0.4 is 15.8 Å². The number of amides is 2. The minimum Gasteiger partial charge on any atom is -0.474 e. The first-order chi connectivity index (χ1) is 11.4. The highest BCUT2D eigenvalue weighted by molar-refractivity contribution is 5.96. The van der Waals surface area contributed by atoms with Crippen molar-refractivity contribution in [3.63, 3.8) is 0 Å². The topological polar surface area (TPSA) is 125 Å². The number of carbonyl (C=O) groups excluding carboxylic acids is 2. The molecule has 2 aromatic carbocycles. The van der Waals surface area contributed by atoms with Crippen LogP contribution >= 0.6 is 0 Å². The Hall–Kier alpha value is -3.42. The number of anilines is 1.